The number of sulfonamides is 1. The van der Waals surface area contributed by atoms with Crippen LogP contribution in [0.3, 0.4) is 0 Å². The summed E-state index contributed by atoms with van der Waals surface area (Å²) >= 11 is 0. The van der Waals surface area contributed by atoms with Crippen LogP contribution in [0.25, 0.3) is 0 Å². The molecule has 3 aromatic carbocycles. The van der Waals surface area contributed by atoms with Gasteiger partial charge in [-0.2, -0.15) is 0 Å². The summed E-state index contributed by atoms with van der Waals surface area (Å²) in [7, 11) is -2.58. The van der Waals surface area contributed by atoms with E-state index in [1.54, 1.807) is 49.4 Å². The van der Waals surface area contributed by atoms with Crippen LogP contribution in [0.2, 0.25) is 0 Å². The standard InChI is InChI=1S/C30H37N3O5S/c1-5-6-20-31-30(35)24(3)32(21-25-14-12-23(2)13-15-25)29(34)22-33(26-16-18-27(38-4)19-17-26)39(36,37)28-10-8-7-9-11-28/h7-19,24H,5-6,20-22H2,1-4H3,(H,31,35)/t24-/m0/s1. The molecule has 0 heterocycles. The summed E-state index contributed by atoms with van der Waals surface area (Å²) in [6, 6.07) is 21.3. The molecule has 0 aliphatic rings. The van der Waals surface area contributed by atoms with Crippen LogP contribution in [0.5, 0.6) is 5.75 Å². The zero-order valence-corrected chi connectivity index (χ0v) is 23.8. The van der Waals surface area contributed by atoms with Crippen molar-refractivity contribution in [2.45, 2.75) is 51.1 Å². The molecule has 208 valence electrons. The smallest absolute Gasteiger partial charge is 0.264 e. The Labute approximate surface area is 231 Å². The van der Waals surface area contributed by atoms with Gasteiger partial charge in [0.25, 0.3) is 10.0 Å². The summed E-state index contributed by atoms with van der Waals surface area (Å²) in [5.74, 6) is -0.227. The van der Waals surface area contributed by atoms with Crippen molar-refractivity contribution in [2.24, 2.45) is 0 Å². The molecule has 0 saturated heterocycles. The molecule has 0 aliphatic carbocycles. The molecule has 9 heteroatoms. The number of benzene rings is 3. The van der Waals surface area contributed by atoms with Crippen LogP contribution in [0.15, 0.2) is 83.8 Å². The molecule has 0 spiro atoms. The number of anilines is 1. The number of ether oxygens (including phenoxy) is 1. The van der Waals surface area contributed by atoms with Gasteiger partial charge in [0, 0.05) is 13.1 Å². The van der Waals surface area contributed by atoms with Crippen molar-refractivity contribution in [1.29, 1.82) is 0 Å². The van der Waals surface area contributed by atoms with E-state index >= 15 is 0 Å². The van der Waals surface area contributed by atoms with Crippen LogP contribution in [0.1, 0.15) is 37.8 Å². The molecule has 0 unspecified atom stereocenters. The molecule has 0 bridgehead atoms. The largest absolute Gasteiger partial charge is 0.497 e. The molecular formula is C30H37N3O5S. The lowest BCUT2D eigenvalue weighted by Gasteiger charge is -2.32. The monoisotopic (exact) mass is 551 g/mol. The predicted molar refractivity (Wildman–Crippen MR) is 153 cm³/mol. The first-order valence-corrected chi connectivity index (χ1v) is 14.5. The Morgan fingerprint density at radius 1 is 0.949 bits per heavy atom. The summed E-state index contributed by atoms with van der Waals surface area (Å²) in [6.45, 7) is 5.84. The first-order valence-electron chi connectivity index (χ1n) is 13.0. The predicted octanol–water partition coefficient (Wildman–Crippen LogP) is 4.53. The van der Waals surface area contributed by atoms with Crippen LogP contribution < -0.4 is 14.4 Å². The van der Waals surface area contributed by atoms with Crippen molar-refractivity contribution >= 4 is 27.5 Å². The van der Waals surface area contributed by atoms with Crippen LogP contribution in [0.4, 0.5) is 5.69 Å². The highest BCUT2D eigenvalue weighted by atomic mass is 32.2. The SMILES string of the molecule is CCCCNC(=O)[C@H](C)N(Cc1ccc(C)cc1)C(=O)CN(c1ccc(OC)cc1)S(=O)(=O)c1ccccc1. The number of nitrogens with zero attached hydrogens (tertiary/aromatic N) is 2. The third kappa shape index (κ3) is 7.83. The second-order valence-electron chi connectivity index (χ2n) is 9.35. The average molecular weight is 552 g/mol. The van der Waals surface area contributed by atoms with Gasteiger partial charge in [-0.05, 0) is 62.2 Å². The number of carbonyl (C=O) groups is 2. The van der Waals surface area contributed by atoms with Crippen LogP contribution in [0, 0.1) is 6.92 Å². The fraction of sp³-hybridized carbons (Fsp3) is 0.333. The van der Waals surface area contributed by atoms with Crippen molar-refractivity contribution < 1.29 is 22.7 Å². The van der Waals surface area contributed by atoms with E-state index in [4.69, 9.17) is 4.74 Å². The lowest BCUT2D eigenvalue weighted by molar-refractivity contribution is -0.139. The van der Waals surface area contributed by atoms with E-state index in [1.807, 2.05) is 38.1 Å². The maximum atomic E-state index is 13.9. The second kappa shape index (κ2) is 13.8. The lowest BCUT2D eigenvalue weighted by Crippen LogP contribution is -2.51. The molecule has 3 aromatic rings. The average Bonchev–Trinajstić information content (AvgIpc) is 2.95. The van der Waals surface area contributed by atoms with Crippen molar-refractivity contribution in [2.75, 3.05) is 24.5 Å². The number of methoxy groups -OCH3 is 1. The number of unbranched alkanes of at least 4 members (excludes halogenated alkanes) is 1. The fourth-order valence-corrected chi connectivity index (χ4v) is 5.44. The molecule has 3 rings (SSSR count). The first kappa shape index (κ1) is 29.7. The summed E-state index contributed by atoms with van der Waals surface area (Å²) in [5, 5.41) is 2.89. The molecule has 0 aliphatic heterocycles. The molecule has 2 amide bonds. The molecule has 0 saturated carbocycles. The summed E-state index contributed by atoms with van der Waals surface area (Å²) in [6.07, 6.45) is 1.75. The molecule has 1 atom stereocenters. The topological polar surface area (TPSA) is 96.0 Å². The molecule has 1 N–H and O–H groups in total. The highest BCUT2D eigenvalue weighted by Gasteiger charge is 2.32. The van der Waals surface area contributed by atoms with Gasteiger partial charge in [0.1, 0.15) is 18.3 Å². The van der Waals surface area contributed by atoms with Gasteiger partial charge in [-0.25, -0.2) is 8.42 Å². The molecule has 8 nitrogen and oxygen atoms in total. The molecule has 39 heavy (non-hydrogen) atoms. The maximum Gasteiger partial charge on any atom is 0.264 e. The van der Waals surface area contributed by atoms with Gasteiger partial charge in [0.15, 0.2) is 0 Å². The Balaban J connectivity index is 1.98. The molecule has 0 aromatic heterocycles. The van der Waals surface area contributed by atoms with Crippen molar-refractivity contribution in [3.63, 3.8) is 0 Å². The summed E-state index contributed by atoms with van der Waals surface area (Å²) in [5.41, 5.74) is 2.22. The van der Waals surface area contributed by atoms with Crippen molar-refractivity contribution in [3.8, 4) is 5.75 Å². The van der Waals surface area contributed by atoms with Gasteiger partial charge >= 0.3 is 0 Å². The number of carbonyl (C=O) groups excluding carboxylic acids is 2. The van der Waals surface area contributed by atoms with E-state index in [-0.39, 0.29) is 17.3 Å². The highest BCUT2D eigenvalue weighted by molar-refractivity contribution is 7.92. The van der Waals surface area contributed by atoms with Crippen molar-refractivity contribution in [1.82, 2.24) is 10.2 Å². The third-order valence-electron chi connectivity index (χ3n) is 6.44. The first-order chi connectivity index (χ1) is 18.7. The highest BCUT2D eigenvalue weighted by Crippen LogP contribution is 2.26. The van der Waals surface area contributed by atoms with Gasteiger partial charge in [-0.1, -0.05) is 61.4 Å². The van der Waals surface area contributed by atoms with Gasteiger partial charge in [0.2, 0.25) is 11.8 Å². The van der Waals surface area contributed by atoms with Crippen LogP contribution >= 0.6 is 0 Å². The number of nitrogens with one attached hydrogen (secondary N) is 1. The van der Waals surface area contributed by atoms with Gasteiger partial charge in [-0.15, -0.1) is 0 Å². The van der Waals surface area contributed by atoms with Gasteiger partial charge in [-0.3, -0.25) is 13.9 Å². The van der Waals surface area contributed by atoms with Gasteiger partial charge < -0.3 is 15.0 Å². The third-order valence-corrected chi connectivity index (χ3v) is 8.23. The van der Waals surface area contributed by atoms with E-state index in [9.17, 15) is 18.0 Å². The Bertz CT molecular complexity index is 1330. The Morgan fingerprint density at radius 2 is 1.59 bits per heavy atom. The van der Waals surface area contributed by atoms with E-state index in [0.717, 1.165) is 28.3 Å². The Kier molecular flexibility index (Phi) is 10.5. The zero-order valence-electron chi connectivity index (χ0n) is 23.0. The molecule has 0 fully saturated rings. The quantitative estimate of drug-likeness (QED) is 0.315. The minimum atomic E-state index is -4.10. The Morgan fingerprint density at radius 3 is 2.18 bits per heavy atom. The second-order valence-corrected chi connectivity index (χ2v) is 11.2. The van der Waals surface area contributed by atoms with E-state index in [2.05, 4.69) is 5.32 Å². The number of hydrogen-bond donors (Lipinski definition) is 1. The number of amides is 2. The normalized spacial score (nSPS) is 11.9. The zero-order chi connectivity index (χ0) is 28.4. The summed E-state index contributed by atoms with van der Waals surface area (Å²) in [4.78, 5) is 28.4. The van der Waals surface area contributed by atoms with E-state index in [0.29, 0.717) is 18.0 Å². The summed E-state index contributed by atoms with van der Waals surface area (Å²) < 4.78 is 33.8. The maximum absolute atomic E-state index is 13.9. The molecular weight excluding hydrogens is 514 g/mol. The molecule has 0 radical (unpaired) electrons. The van der Waals surface area contributed by atoms with Crippen molar-refractivity contribution in [3.05, 3.63) is 90.0 Å². The lowest BCUT2D eigenvalue weighted by atomic mass is 10.1. The van der Waals surface area contributed by atoms with Gasteiger partial charge in [0.05, 0.1) is 17.7 Å². The number of hydrogen-bond acceptors (Lipinski definition) is 5. The Hall–Kier alpha value is -3.85. The minimum Gasteiger partial charge on any atom is -0.497 e. The van der Waals surface area contributed by atoms with E-state index < -0.39 is 28.5 Å². The fourth-order valence-electron chi connectivity index (χ4n) is 4.01. The minimum absolute atomic E-state index is 0.0593. The van der Waals surface area contributed by atoms with Crippen LogP contribution in [-0.2, 0) is 26.2 Å². The number of aryl methyl sites for hydroxylation is 1. The van der Waals surface area contributed by atoms with Crippen LogP contribution in [-0.4, -0.2) is 51.4 Å². The number of rotatable bonds is 13. The van der Waals surface area contributed by atoms with E-state index in [1.165, 1.54) is 24.1 Å².